The number of carbonyl (C=O) groups excluding carboxylic acids is 2. The summed E-state index contributed by atoms with van der Waals surface area (Å²) in [6.45, 7) is 3.14. The quantitative estimate of drug-likeness (QED) is 0.817. The summed E-state index contributed by atoms with van der Waals surface area (Å²) in [5.74, 6) is -0.289. The zero-order valence-electron chi connectivity index (χ0n) is 14.1. The lowest BCUT2D eigenvalue weighted by molar-refractivity contribution is -0.142. The molecule has 2 amide bonds. The van der Waals surface area contributed by atoms with Crippen LogP contribution in [0.5, 0.6) is 0 Å². The van der Waals surface area contributed by atoms with E-state index in [-0.39, 0.29) is 24.5 Å². The molecule has 1 fully saturated rings. The third-order valence-electron chi connectivity index (χ3n) is 4.18. The number of esters is 1. The molecule has 0 radical (unpaired) electrons. The Bertz CT molecular complexity index is 548. The molecule has 132 valence electrons. The first-order valence-electron chi connectivity index (χ1n) is 8.57. The summed E-state index contributed by atoms with van der Waals surface area (Å²) >= 11 is 5.97. The van der Waals surface area contributed by atoms with Crippen molar-refractivity contribution in [2.24, 2.45) is 0 Å². The monoisotopic (exact) mass is 352 g/mol. The van der Waals surface area contributed by atoms with E-state index < -0.39 is 0 Å². The highest BCUT2D eigenvalue weighted by Gasteiger charge is 2.26. The second kappa shape index (κ2) is 9.52. The van der Waals surface area contributed by atoms with E-state index in [0.29, 0.717) is 18.2 Å². The van der Waals surface area contributed by atoms with Gasteiger partial charge in [-0.25, -0.2) is 4.79 Å². The van der Waals surface area contributed by atoms with E-state index in [4.69, 9.17) is 16.3 Å². The fraction of sp³-hybridized carbons (Fsp3) is 0.556. The van der Waals surface area contributed by atoms with Crippen LogP contribution in [0.15, 0.2) is 24.3 Å². The van der Waals surface area contributed by atoms with Gasteiger partial charge in [0, 0.05) is 18.1 Å². The lowest BCUT2D eigenvalue weighted by atomic mass is 10.0. The maximum absolute atomic E-state index is 12.6. The van der Waals surface area contributed by atoms with E-state index in [2.05, 4.69) is 5.32 Å². The SMILES string of the molecule is CCOC(=O)CCNC(=O)N1CCCCC[C@@H]1c1ccc(Cl)cc1. The normalized spacial score (nSPS) is 17.9. The first kappa shape index (κ1) is 18.6. The summed E-state index contributed by atoms with van der Waals surface area (Å²) in [6, 6.07) is 7.61. The van der Waals surface area contributed by atoms with E-state index >= 15 is 0 Å². The Morgan fingerprint density at radius 3 is 2.71 bits per heavy atom. The van der Waals surface area contributed by atoms with Crippen molar-refractivity contribution in [2.45, 2.75) is 45.1 Å². The third-order valence-corrected chi connectivity index (χ3v) is 4.43. The van der Waals surface area contributed by atoms with Gasteiger partial charge in [0.05, 0.1) is 19.1 Å². The summed E-state index contributed by atoms with van der Waals surface area (Å²) in [6.07, 6.45) is 4.35. The van der Waals surface area contributed by atoms with Crippen molar-refractivity contribution in [3.05, 3.63) is 34.9 Å². The molecule has 0 bridgehead atoms. The summed E-state index contributed by atoms with van der Waals surface area (Å²) in [7, 11) is 0. The molecule has 1 atom stereocenters. The standard InChI is InChI=1S/C18H25ClN2O3/c1-2-24-17(22)11-12-20-18(23)21-13-5-3-4-6-16(21)14-7-9-15(19)10-8-14/h7-10,16H,2-6,11-13H2,1H3,(H,20,23)/t16-/m1/s1. The van der Waals surface area contributed by atoms with Gasteiger partial charge < -0.3 is 15.0 Å². The van der Waals surface area contributed by atoms with Gasteiger partial charge >= 0.3 is 12.0 Å². The molecule has 0 aliphatic carbocycles. The Kier molecular flexibility index (Phi) is 7.37. The molecule has 24 heavy (non-hydrogen) atoms. The van der Waals surface area contributed by atoms with E-state index in [0.717, 1.165) is 37.8 Å². The molecule has 5 nitrogen and oxygen atoms in total. The number of halogens is 1. The lowest BCUT2D eigenvalue weighted by Crippen LogP contribution is -2.42. The second-order valence-electron chi connectivity index (χ2n) is 5.90. The average molecular weight is 353 g/mol. The number of nitrogens with one attached hydrogen (secondary N) is 1. The molecule has 6 heteroatoms. The van der Waals surface area contributed by atoms with Gasteiger partial charge in [-0.2, -0.15) is 0 Å². The molecule has 1 heterocycles. The Hall–Kier alpha value is -1.75. The van der Waals surface area contributed by atoms with Gasteiger partial charge in [-0.15, -0.1) is 0 Å². The van der Waals surface area contributed by atoms with E-state index in [9.17, 15) is 9.59 Å². The molecule has 1 saturated heterocycles. The Morgan fingerprint density at radius 1 is 1.25 bits per heavy atom. The highest BCUT2D eigenvalue weighted by Crippen LogP contribution is 2.30. The molecule has 1 aromatic rings. The van der Waals surface area contributed by atoms with Gasteiger partial charge in [0.2, 0.25) is 0 Å². The summed E-state index contributed by atoms with van der Waals surface area (Å²) in [5, 5.41) is 3.53. The van der Waals surface area contributed by atoms with Crippen molar-refractivity contribution in [3.8, 4) is 0 Å². The molecule has 1 aromatic carbocycles. The smallest absolute Gasteiger partial charge is 0.317 e. The summed E-state index contributed by atoms with van der Waals surface area (Å²) in [4.78, 5) is 25.8. The van der Waals surface area contributed by atoms with E-state index in [1.54, 1.807) is 6.92 Å². The molecule has 0 unspecified atom stereocenters. The maximum Gasteiger partial charge on any atom is 0.317 e. The van der Waals surface area contributed by atoms with Crippen molar-refractivity contribution in [1.82, 2.24) is 10.2 Å². The number of carbonyl (C=O) groups is 2. The van der Waals surface area contributed by atoms with Crippen LogP contribution in [0.25, 0.3) is 0 Å². The van der Waals surface area contributed by atoms with Gasteiger partial charge in [-0.1, -0.05) is 36.6 Å². The number of benzene rings is 1. The van der Waals surface area contributed by atoms with E-state index in [1.807, 2.05) is 29.2 Å². The van der Waals surface area contributed by atoms with Crippen LogP contribution in [0.3, 0.4) is 0 Å². The minimum absolute atomic E-state index is 0.0485. The van der Waals surface area contributed by atoms with Gasteiger partial charge in [0.1, 0.15) is 0 Å². The topological polar surface area (TPSA) is 58.6 Å². The maximum atomic E-state index is 12.6. The first-order chi connectivity index (χ1) is 11.6. The number of rotatable bonds is 5. The van der Waals surface area contributed by atoms with Gasteiger partial charge in [0.25, 0.3) is 0 Å². The fourth-order valence-electron chi connectivity index (χ4n) is 2.99. The third kappa shape index (κ3) is 5.41. The summed E-state index contributed by atoms with van der Waals surface area (Å²) < 4.78 is 4.87. The second-order valence-corrected chi connectivity index (χ2v) is 6.33. The van der Waals surface area contributed by atoms with Crippen LogP contribution in [0.2, 0.25) is 5.02 Å². The molecule has 0 spiro atoms. The first-order valence-corrected chi connectivity index (χ1v) is 8.95. The van der Waals surface area contributed by atoms with E-state index in [1.165, 1.54) is 0 Å². The van der Waals surface area contributed by atoms with Crippen molar-refractivity contribution in [3.63, 3.8) is 0 Å². The van der Waals surface area contributed by atoms with Gasteiger partial charge in [-0.05, 0) is 37.5 Å². The molecule has 0 saturated carbocycles. The highest BCUT2D eigenvalue weighted by molar-refractivity contribution is 6.30. The molecule has 1 N–H and O–H groups in total. The Balaban J connectivity index is 1.99. The van der Waals surface area contributed by atoms with Crippen LogP contribution in [0.1, 0.15) is 50.6 Å². The van der Waals surface area contributed by atoms with Crippen LogP contribution in [0.4, 0.5) is 4.79 Å². The minimum atomic E-state index is -0.289. The zero-order chi connectivity index (χ0) is 17.4. The average Bonchev–Trinajstić information content (AvgIpc) is 2.81. The van der Waals surface area contributed by atoms with Crippen LogP contribution < -0.4 is 5.32 Å². The number of amides is 2. The largest absolute Gasteiger partial charge is 0.466 e. The lowest BCUT2D eigenvalue weighted by Gasteiger charge is -2.30. The molecular formula is C18H25ClN2O3. The summed E-state index contributed by atoms with van der Waals surface area (Å²) in [5.41, 5.74) is 1.10. The van der Waals surface area contributed by atoms with Crippen LogP contribution in [-0.4, -0.2) is 36.6 Å². The van der Waals surface area contributed by atoms with Crippen LogP contribution >= 0.6 is 11.6 Å². The highest BCUT2D eigenvalue weighted by atomic mass is 35.5. The Labute approximate surface area is 148 Å². The number of ether oxygens (including phenoxy) is 1. The van der Waals surface area contributed by atoms with Crippen LogP contribution in [-0.2, 0) is 9.53 Å². The Morgan fingerprint density at radius 2 is 2.00 bits per heavy atom. The molecular weight excluding hydrogens is 328 g/mol. The molecule has 0 aromatic heterocycles. The fourth-order valence-corrected chi connectivity index (χ4v) is 3.12. The molecule has 1 aliphatic heterocycles. The van der Waals surface area contributed by atoms with Gasteiger partial charge in [0.15, 0.2) is 0 Å². The number of nitrogens with zero attached hydrogens (tertiary/aromatic N) is 1. The minimum Gasteiger partial charge on any atom is -0.466 e. The van der Waals surface area contributed by atoms with Crippen molar-refractivity contribution in [1.29, 1.82) is 0 Å². The molecule has 2 rings (SSSR count). The zero-order valence-corrected chi connectivity index (χ0v) is 14.8. The number of urea groups is 1. The predicted octanol–water partition coefficient (Wildman–Crippen LogP) is 3.92. The van der Waals surface area contributed by atoms with Crippen molar-refractivity contribution < 1.29 is 14.3 Å². The van der Waals surface area contributed by atoms with Gasteiger partial charge in [-0.3, -0.25) is 4.79 Å². The number of hydrogen-bond donors (Lipinski definition) is 1. The van der Waals surface area contributed by atoms with Crippen LogP contribution in [0, 0.1) is 0 Å². The predicted molar refractivity (Wildman–Crippen MR) is 94.0 cm³/mol. The number of hydrogen-bond acceptors (Lipinski definition) is 3. The van der Waals surface area contributed by atoms with Crippen molar-refractivity contribution in [2.75, 3.05) is 19.7 Å². The van der Waals surface area contributed by atoms with Crippen molar-refractivity contribution >= 4 is 23.6 Å². The number of likely N-dealkylation sites (tertiary alicyclic amines) is 1. The molecule has 1 aliphatic rings.